The fourth-order valence-electron chi connectivity index (χ4n) is 6.79. The number of hydrogen-bond donors (Lipinski definition) is 0. The summed E-state index contributed by atoms with van der Waals surface area (Å²) in [5, 5.41) is 5.67. The second kappa shape index (κ2) is 7.30. The number of fused-ring (bicyclic) bond motifs is 7. The first-order valence-corrected chi connectivity index (χ1v) is 11.8. The van der Waals surface area contributed by atoms with Gasteiger partial charge in [0.2, 0.25) is 0 Å². The zero-order valence-electron chi connectivity index (χ0n) is 18.2. The first-order valence-electron chi connectivity index (χ1n) is 11.8. The van der Waals surface area contributed by atoms with Crippen LogP contribution in [-0.4, -0.2) is 57.2 Å². The number of nitrogens with zero attached hydrogens (tertiary/aromatic N) is 4. The molecule has 1 aliphatic carbocycles. The van der Waals surface area contributed by atoms with Crippen LogP contribution in [0.5, 0.6) is 0 Å². The Morgan fingerprint density at radius 1 is 1.10 bits per heavy atom. The molecule has 1 aromatic carbocycles. The van der Waals surface area contributed by atoms with Gasteiger partial charge in [-0.3, -0.25) is 14.5 Å². The summed E-state index contributed by atoms with van der Waals surface area (Å²) in [6.07, 6.45) is 9.82. The van der Waals surface area contributed by atoms with E-state index in [4.69, 9.17) is 0 Å². The molecule has 4 heterocycles. The summed E-state index contributed by atoms with van der Waals surface area (Å²) < 4.78 is 1.31. The second-order valence-corrected chi connectivity index (χ2v) is 9.83. The molecule has 1 amide bonds. The molecule has 0 radical (unpaired) electrons. The maximum Gasteiger partial charge on any atom is 0.275 e. The lowest BCUT2D eigenvalue weighted by molar-refractivity contribution is 0.00131. The van der Waals surface area contributed by atoms with Gasteiger partial charge in [0.15, 0.2) is 5.69 Å². The van der Waals surface area contributed by atoms with E-state index in [1.54, 1.807) is 13.1 Å². The lowest BCUT2D eigenvalue weighted by atomic mass is 9.68. The molecule has 0 spiro atoms. The van der Waals surface area contributed by atoms with Crippen molar-refractivity contribution in [2.75, 3.05) is 19.6 Å². The molecule has 31 heavy (non-hydrogen) atoms. The van der Waals surface area contributed by atoms with E-state index in [2.05, 4.69) is 21.0 Å². The minimum Gasteiger partial charge on any atom is -0.330 e. The van der Waals surface area contributed by atoms with Gasteiger partial charge in [-0.05, 0) is 56.6 Å². The van der Waals surface area contributed by atoms with E-state index in [0.29, 0.717) is 34.3 Å². The predicted octanol–water partition coefficient (Wildman–Crippen LogP) is 2.97. The number of likely N-dealkylation sites (tertiary alicyclic amines) is 1. The van der Waals surface area contributed by atoms with Crippen molar-refractivity contribution >= 4 is 16.7 Å². The van der Waals surface area contributed by atoms with E-state index in [-0.39, 0.29) is 17.5 Å². The Balaban J connectivity index is 1.40. The molecule has 1 aromatic heterocycles. The molecule has 2 aromatic rings. The van der Waals surface area contributed by atoms with Crippen molar-refractivity contribution in [3.8, 4) is 0 Å². The lowest BCUT2D eigenvalue weighted by Crippen LogP contribution is -2.60. The van der Waals surface area contributed by atoms with Crippen LogP contribution in [0.25, 0.3) is 10.8 Å². The maximum absolute atomic E-state index is 13.9. The number of aryl methyl sites for hydroxylation is 1. The normalized spacial score (nSPS) is 30.5. The van der Waals surface area contributed by atoms with Crippen molar-refractivity contribution in [1.29, 1.82) is 0 Å². The minimum absolute atomic E-state index is 0.0263. The molecular weight excluding hydrogens is 388 g/mol. The summed E-state index contributed by atoms with van der Waals surface area (Å²) in [6, 6.07) is 8.26. The summed E-state index contributed by atoms with van der Waals surface area (Å²) >= 11 is 0. The smallest absolute Gasteiger partial charge is 0.275 e. The van der Waals surface area contributed by atoms with E-state index < -0.39 is 0 Å². The van der Waals surface area contributed by atoms with Crippen LogP contribution in [-0.2, 0) is 7.05 Å². The quantitative estimate of drug-likeness (QED) is 0.668. The molecule has 0 unspecified atom stereocenters. The molecule has 3 fully saturated rings. The molecule has 3 saturated heterocycles. The van der Waals surface area contributed by atoms with Crippen LogP contribution in [0.15, 0.2) is 40.7 Å². The summed E-state index contributed by atoms with van der Waals surface area (Å²) in [5.74, 6) is 1.13. The van der Waals surface area contributed by atoms with E-state index in [1.165, 1.54) is 42.5 Å². The third-order valence-electron chi connectivity index (χ3n) is 8.08. The van der Waals surface area contributed by atoms with Crippen LogP contribution < -0.4 is 5.56 Å². The Hall–Kier alpha value is -2.47. The van der Waals surface area contributed by atoms with Gasteiger partial charge in [-0.2, -0.15) is 5.10 Å². The van der Waals surface area contributed by atoms with Gasteiger partial charge in [-0.25, -0.2) is 4.68 Å². The fraction of sp³-hybridized carbons (Fsp3) is 0.560. The largest absolute Gasteiger partial charge is 0.330 e. The highest BCUT2D eigenvalue weighted by atomic mass is 16.2. The zero-order chi connectivity index (χ0) is 21.1. The molecule has 3 aliphatic heterocycles. The third-order valence-corrected chi connectivity index (χ3v) is 8.08. The number of aromatic nitrogens is 2. The molecule has 6 rings (SSSR count). The highest BCUT2D eigenvalue weighted by Gasteiger charge is 2.47. The Morgan fingerprint density at radius 2 is 1.94 bits per heavy atom. The number of amides is 1. The Kier molecular flexibility index (Phi) is 4.53. The number of rotatable bonds is 1. The summed E-state index contributed by atoms with van der Waals surface area (Å²) in [5.41, 5.74) is 1.73. The van der Waals surface area contributed by atoms with E-state index in [0.717, 1.165) is 25.9 Å². The van der Waals surface area contributed by atoms with Crippen molar-refractivity contribution < 1.29 is 4.79 Å². The van der Waals surface area contributed by atoms with Crippen LogP contribution in [0.1, 0.15) is 49.0 Å². The highest BCUT2D eigenvalue weighted by Crippen LogP contribution is 2.45. The predicted molar refractivity (Wildman–Crippen MR) is 120 cm³/mol. The van der Waals surface area contributed by atoms with Crippen LogP contribution in [0.2, 0.25) is 0 Å². The average Bonchev–Trinajstić information content (AvgIpc) is 2.81. The summed E-state index contributed by atoms with van der Waals surface area (Å²) in [4.78, 5) is 31.2. The first kappa shape index (κ1) is 19.2. The molecule has 0 saturated carbocycles. The summed E-state index contributed by atoms with van der Waals surface area (Å²) in [6.45, 7) is 3.08. The van der Waals surface area contributed by atoms with Gasteiger partial charge >= 0.3 is 0 Å². The minimum atomic E-state index is -0.157. The van der Waals surface area contributed by atoms with Crippen LogP contribution in [0.4, 0.5) is 0 Å². The molecule has 6 heteroatoms. The van der Waals surface area contributed by atoms with Crippen LogP contribution >= 0.6 is 0 Å². The zero-order valence-corrected chi connectivity index (χ0v) is 18.2. The van der Waals surface area contributed by atoms with Crippen molar-refractivity contribution in [2.24, 2.45) is 18.9 Å². The van der Waals surface area contributed by atoms with Gasteiger partial charge < -0.3 is 4.90 Å². The van der Waals surface area contributed by atoms with E-state index in [1.807, 2.05) is 18.2 Å². The number of carbonyl (C=O) groups is 1. The van der Waals surface area contributed by atoms with Gasteiger partial charge in [0.1, 0.15) is 0 Å². The number of hydrogen-bond acceptors (Lipinski definition) is 4. The van der Waals surface area contributed by atoms with Gasteiger partial charge in [0.05, 0.1) is 11.4 Å². The van der Waals surface area contributed by atoms with E-state index in [9.17, 15) is 9.59 Å². The van der Waals surface area contributed by atoms with Gasteiger partial charge in [-0.15, -0.1) is 0 Å². The Labute approximate surface area is 182 Å². The Bertz CT molecular complexity index is 1140. The SMILES string of the molecule is Cn1nc(C(=O)N2CCCC3=C[C@H]4C[C@H](CN5CCCC[C@H]45)[C@@H]32)c2ccccc2c1=O. The Morgan fingerprint density at radius 3 is 2.81 bits per heavy atom. The topological polar surface area (TPSA) is 58.4 Å². The van der Waals surface area contributed by atoms with Crippen molar-refractivity contribution in [2.45, 2.75) is 50.6 Å². The highest BCUT2D eigenvalue weighted by molar-refractivity contribution is 6.05. The molecule has 2 bridgehead atoms. The van der Waals surface area contributed by atoms with Gasteiger partial charge in [-0.1, -0.05) is 36.3 Å². The molecule has 162 valence electrons. The molecular formula is C25H30N4O2. The monoisotopic (exact) mass is 418 g/mol. The molecule has 4 aliphatic rings. The van der Waals surface area contributed by atoms with Gasteiger partial charge in [0.25, 0.3) is 11.5 Å². The van der Waals surface area contributed by atoms with Gasteiger partial charge in [0, 0.05) is 31.6 Å². The number of benzene rings is 1. The summed E-state index contributed by atoms with van der Waals surface area (Å²) in [7, 11) is 1.63. The molecule has 6 nitrogen and oxygen atoms in total. The van der Waals surface area contributed by atoms with Crippen molar-refractivity contribution in [3.05, 3.63) is 52.0 Å². The number of piperidine rings is 3. The fourth-order valence-corrected chi connectivity index (χ4v) is 6.79. The van der Waals surface area contributed by atoms with Crippen molar-refractivity contribution in [3.63, 3.8) is 0 Å². The van der Waals surface area contributed by atoms with E-state index >= 15 is 0 Å². The lowest BCUT2D eigenvalue weighted by Gasteiger charge is -2.54. The van der Waals surface area contributed by atoms with Crippen LogP contribution in [0, 0.1) is 11.8 Å². The van der Waals surface area contributed by atoms with Crippen LogP contribution in [0.3, 0.4) is 0 Å². The maximum atomic E-state index is 13.9. The standard InChI is InChI=1S/C25H30N4O2/c1-27-24(30)20-9-3-2-8-19(20)22(26-27)25(31)29-12-6-7-16-13-17-14-18(23(16)29)15-28-11-5-4-10-21(17)28/h2-3,8-9,13,17-18,21,23H,4-7,10-12,14-15H2,1H3/t17-,18+,21+,23+/m0/s1. The van der Waals surface area contributed by atoms with Crippen molar-refractivity contribution in [1.82, 2.24) is 19.6 Å². The third kappa shape index (κ3) is 2.99. The first-order chi connectivity index (χ1) is 15.1. The second-order valence-electron chi connectivity index (χ2n) is 9.83. The average molecular weight is 419 g/mol. The number of carbonyl (C=O) groups excluding carboxylic acids is 1. The molecule has 0 N–H and O–H groups in total. The molecule has 4 atom stereocenters.